The second-order valence-corrected chi connectivity index (χ2v) is 6.25. The molecule has 0 saturated heterocycles. The van der Waals surface area contributed by atoms with Gasteiger partial charge in [-0.25, -0.2) is 8.78 Å². The molecule has 1 aliphatic carbocycles. The Morgan fingerprint density at radius 3 is 2.60 bits per heavy atom. The minimum absolute atomic E-state index is 0.132. The second-order valence-electron chi connectivity index (χ2n) is 6.25. The van der Waals surface area contributed by atoms with E-state index >= 15 is 0 Å². The van der Waals surface area contributed by atoms with E-state index in [0.717, 1.165) is 18.4 Å². The summed E-state index contributed by atoms with van der Waals surface area (Å²) >= 11 is 0. The van der Waals surface area contributed by atoms with Crippen LogP contribution in [0.4, 0.5) is 8.78 Å². The zero-order chi connectivity index (χ0) is 18.0. The van der Waals surface area contributed by atoms with E-state index in [0.29, 0.717) is 17.2 Å². The normalized spacial score (nSPS) is 13.6. The Bertz CT molecular complexity index is 798. The molecule has 0 heterocycles. The number of esters is 1. The third-order valence-corrected chi connectivity index (χ3v) is 4.27. The van der Waals surface area contributed by atoms with Crippen LogP contribution >= 0.6 is 0 Å². The van der Waals surface area contributed by atoms with Gasteiger partial charge in [-0.15, -0.1) is 0 Å². The second kappa shape index (κ2) is 7.21. The quantitative estimate of drug-likeness (QED) is 0.543. The molecule has 0 spiro atoms. The van der Waals surface area contributed by atoms with E-state index in [-0.39, 0.29) is 30.2 Å². The van der Waals surface area contributed by atoms with Crippen LogP contribution in [0.3, 0.4) is 0 Å². The average Bonchev–Trinajstić information content (AvgIpc) is 3.42. The molecule has 25 heavy (non-hydrogen) atoms. The minimum atomic E-state index is -0.526. The molecule has 132 valence electrons. The zero-order valence-electron chi connectivity index (χ0n) is 14.3. The molecule has 1 fully saturated rings. The topological polar surface area (TPSA) is 35.5 Å². The molecule has 0 atom stereocenters. The molecule has 0 aromatic heterocycles. The van der Waals surface area contributed by atoms with Gasteiger partial charge < -0.3 is 9.47 Å². The Morgan fingerprint density at radius 1 is 1.16 bits per heavy atom. The third kappa shape index (κ3) is 3.98. The van der Waals surface area contributed by atoms with Gasteiger partial charge in [-0.2, -0.15) is 0 Å². The van der Waals surface area contributed by atoms with Gasteiger partial charge >= 0.3 is 5.97 Å². The minimum Gasteiger partial charge on any atom is -0.488 e. The van der Waals surface area contributed by atoms with Crippen LogP contribution in [0.2, 0.25) is 0 Å². The molecule has 3 rings (SSSR count). The lowest BCUT2D eigenvalue weighted by atomic mass is 10.1. The Labute approximate surface area is 145 Å². The van der Waals surface area contributed by atoms with E-state index in [1.807, 2.05) is 0 Å². The number of ether oxygens (including phenoxy) is 2. The molecule has 0 bridgehead atoms. The Morgan fingerprint density at radius 2 is 1.92 bits per heavy atom. The monoisotopic (exact) mass is 346 g/mol. The van der Waals surface area contributed by atoms with Gasteiger partial charge in [-0.05, 0) is 55.0 Å². The molecule has 0 unspecified atom stereocenters. The first-order valence-electron chi connectivity index (χ1n) is 8.40. The highest BCUT2D eigenvalue weighted by Gasteiger charge is 2.28. The Hall–Kier alpha value is -2.43. The molecule has 2 aromatic carbocycles. The number of benzene rings is 2. The maximum atomic E-state index is 14.2. The SMILES string of the molecule is CCC(=O)Oc1cccc(F)c1COc1cc(F)c(C)cc1C1CC1. The van der Waals surface area contributed by atoms with Crippen LogP contribution in [0, 0.1) is 18.6 Å². The lowest BCUT2D eigenvalue weighted by Crippen LogP contribution is -2.10. The number of hydrogen-bond acceptors (Lipinski definition) is 3. The van der Waals surface area contributed by atoms with Crippen molar-refractivity contribution in [2.45, 2.75) is 45.6 Å². The molecule has 0 amide bonds. The Kier molecular flexibility index (Phi) is 5.02. The molecule has 1 saturated carbocycles. The fourth-order valence-corrected chi connectivity index (χ4v) is 2.64. The van der Waals surface area contributed by atoms with Crippen molar-refractivity contribution in [2.75, 3.05) is 0 Å². The number of hydrogen-bond donors (Lipinski definition) is 0. The summed E-state index contributed by atoms with van der Waals surface area (Å²) < 4.78 is 39.0. The molecule has 0 aliphatic heterocycles. The van der Waals surface area contributed by atoms with Gasteiger partial charge in [0.15, 0.2) is 0 Å². The van der Waals surface area contributed by atoms with E-state index in [9.17, 15) is 13.6 Å². The van der Waals surface area contributed by atoms with Gasteiger partial charge in [0.25, 0.3) is 0 Å². The summed E-state index contributed by atoms with van der Waals surface area (Å²) in [7, 11) is 0. The van der Waals surface area contributed by atoms with Crippen molar-refractivity contribution in [2.24, 2.45) is 0 Å². The predicted octanol–water partition coefficient (Wildman–Crippen LogP) is 5.05. The van der Waals surface area contributed by atoms with Crippen LogP contribution in [0.25, 0.3) is 0 Å². The lowest BCUT2D eigenvalue weighted by molar-refractivity contribution is -0.134. The van der Waals surface area contributed by atoms with Gasteiger partial charge in [-0.3, -0.25) is 4.79 Å². The molecule has 5 heteroatoms. The van der Waals surface area contributed by atoms with Crippen molar-refractivity contribution in [1.29, 1.82) is 0 Å². The zero-order valence-corrected chi connectivity index (χ0v) is 14.3. The van der Waals surface area contributed by atoms with E-state index in [2.05, 4.69) is 0 Å². The molecule has 0 N–H and O–H groups in total. The van der Waals surface area contributed by atoms with Gasteiger partial charge in [-0.1, -0.05) is 13.0 Å². The Balaban J connectivity index is 1.85. The number of halogens is 2. The molecule has 3 nitrogen and oxygen atoms in total. The van der Waals surface area contributed by atoms with Crippen LogP contribution in [-0.4, -0.2) is 5.97 Å². The fourth-order valence-electron chi connectivity index (χ4n) is 2.64. The van der Waals surface area contributed by atoms with Gasteiger partial charge in [0, 0.05) is 12.5 Å². The van der Waals surface area contributed by atoms with Crippen molar-refractivity contribution in [3.8, 4) is 11.5 Å². The largest absolute Gasteiger partial charge is 0.488 e. The fraction of sp³-hybridized carbons (Fsp3) is 0.350. The highest BCUT2D eigenvalue weighted by molar-refractivity contribution is 5.72. The molecule has 1 aliphatic rings. The summed E-state index contributed by atoms with van der Waals surface area (Å²) in [6.45, 7) is 3.24. The van der Waals surface area contributed by atoms with Gasteiger partial charge in [0.1, 0.15) is 29.7 Å². The highest BCUT2D eigenvalue weighted by Crippen LogP contribution is 2.45. The summed E-state index contributed by atoms with van der Waals surface area (Å²) in [5.74, 6) is -0.416. The van der Waals surface area contributed by atoms with Crippen LogP contribution in [0.1, 0.15) is 48.8 Å². The van der Waals surface area contributed by atoms with Crippen LogP contribution < -0.4 is 9.47 Å². The van der Waals surface area contributed by atoms with Crippen LogP contribution in [0.5, 0.6) is 11.5 Å². The third-order valence-electron chi connectivity index (χ3n) is 4.27. The summed E-state index contributed by atoms with van der Waals surface area (Å²) in [5, 5.41) is 0. The highest BCUT2D eigenvalue weighted by atomic mass is 19.1. The van der Waals surface area contributed by atoms with E-state index in [1.54, 1.807) is 19.9 Å². The first-order valence-corrected chi connectivity index (χ1v) is 8.40. The maximum Gasteiger partial charge on any atom is 0.310 e. The molecule has 0 radical (unpaired) electrons. The van der Waals surface area contributed by atoms with Crippen LogP contribution in [0.15, 0.2) is 30.3 Å². The van der Waals surface area contributed by atoms with Crippen molar-refractivity contribution in [3.63, 3.8) is 0 Å². The van der Waals surface area contributed by atoms with Crippen molar-refractivity contribution >= 4 is 5.97 Å². The van der Waals surface area contributed by atoms with E-state index in [1.165, 1.54) is 24.3 Å². The van der Waals surface area contributed by atoms with Crippen molar-refractivity contribution in [3.05, 3.63) is 58.7 Å². The lowest BCUT2D eigenvalue weighted by Gasteiger charge is -2.15. The standard InChI is InChI=1S/C20H20F2O3/c1-3-20(23)25-18-6-4-5-16(21)15(18)11-24-19-10-17(22)12(2)9-14(19)13-7-8-13/h4-6,9-10,13H,3,7-8,11H2,1-2H3. The number of aryl methyl sites for hydroxylation is 1. The van der Waals surface area contributed by atoms with Gasteiger partial charge in [0.05, 0.1) is 5.56 Å². The molecular weight excluding hydrogens is 326 g/mol. The predicted molar refractivity (Wildman–Crippen MR) is 89.8 cm³/mol. The molecular formula is C20H20F2O3. The van der Waals surface area contributed by atoms with Crippen molar-refractivity contribution in [1.82, 2.24) is 0 Å². The summed E-state index contributed by atoms with van der Waals surface area (Å²) in [6.07, 6.45) is 2.27. The maximum absolute atomic E-state index is 14.2. The van der Waals surface area contributed by atoms with Gasteiger partial charge in [0.2, 0.25) is 0 Å². The molecule has 2 aromatic rings. The first-order chi connectivity index (χ1) is 12.0. The van der Waals surface area contributed by atoms with E-state index < -0.39 is 11.8 Å². The average molecular weight is 346 g/mol. The number of carbonyl (C=O) groups is 1. The van der Waals surface area contributed by atoms with Crippen molar-refractivity contribution < 1.29 is 23.0 Å². The summed E-state index contributed by atoms with van der Waals surface area (Å²) in [5.41, 5.74) is 1.66. The number of rotatable bonds is 6. The summed E-state index contributed by atoms with van der Waals surface area (Å²) in [6, 6.07) is 7.41. The smallest absolute Gasteiger partial charge is 0.310 e. The van der Waals surface area contributed by atoms with E-state index in [4.69, 9.17) is 9.47 Å². The first kappa shape index (κ1) is 17.4. The summed E-state index contributed by atoms with van der Waals surface area (Å²) in [4.78, 5) is 11.5. The number of carbonyl (C=O) groups excluding carboxylic acids is 1. The van der Waals surface area contributed by atoms with Crippen LogP contribution in [-0.2, 0) is 11.4 Å².